The first-order valence-electron chi connectivity index (χ1n) is 7.07. The lowest BCUT2D eigenvalue weighted by molar-refractivity contribution is 0.382. The van der Waals surface area contributed by atoms with E-state index in [4.69, 9.17) is 0 Å². The molecule has 0 atom stereocenters. The number of nitrogens with zero attached hydrogens (tertiary/aromatic N) is 3. The van der Waals surface area contributed by atoms with E-state index in [0.717, 1.165) is 0 Å². The Labute approximate surface area is 133 Å². The van der Waals surface area contributed by atoms with Gasteiger partial charge in [0.1, 0.15) is 17.3 Å². The van der Waals surface area contributed by atoms with Gasteiger partial charge in [-0.2, -0.15) is 0 Å². The standard InChI is InChI=1S/C16H10F2N4O2/c17-10-3-1-9(2-4-10)15-12(7-13-19-16(23)24-21-13)22-8-11(18)5-6-14(22)20-15/h1-6,8H,7H2,(H,19,21,23). The predicted octanol–water partition coefficient (Wildman–Crippen LogP) is 2.55. The molecule has 120 valence electrons. The average molecular weight is 328 g/mol. The summed E-state index contributed by atoms with van der Waals surface area (Å²) in [5.41, 5.74) is 2.34. The summed E-state index contributed by atoms with van der Waals surface area (Å²) in [6.45, 7) is 0. The van der Waals surface area contributed by atoms with Crippen LogP contribution in [0.3, 0.4) is 0 Å². The van der Waals surface area contributed by atoms with Crippen LogP contribution in [0.15, 0.2) is 51.9 Å². The minimum atomic E-state index is -0.673. The molecule has 3 aromatic heterocycles. The van der Waals surface area contributed by atoms with Crippen molar-refractivity contribution in [2.75, 3.05) is 0 Å². The lowest BCUT2D eigenvalue weighted by atomic mass is 10.1. The van der Waals surface area contributed by atoms with E-state index in [1.165, 1.54) is 30.5 Å². The van der Waals surface area contributed by atoms with E-state index in [1.807, 2.05) is 0 Å². The molecular weight excluding hydrogens is 318 g/mol. The number of aromatic amines is 1. The number of fused-ring (bicyclic) bond motifs is 1. The van der Waals surface area contributed by atoms with Gasteiger partial charge >= 0.3 is 5.76 Å². The molecule has 0 spiro atoms. The van der Waals surface area contributed by atoms with Crippen molar-refractivity contribution in [3.05, 3.63) is 76.3 Å². The summed E-state index contributed by atoms with van der Waals surface area (Å²) in [4.78, 5) is 18.1. The maximum absolute atomic E-state index is 13.6. The highest BCUT2D eigenvalue weighted by molar-refractivity contribution is 5.67. The Morgan fingerprint density at radius 1 is 1.08 bits per heavy atom. The average Bonchev–Trinajstić information content (AvgIpc) is 3.13. The van der Waals surface area contributed by atoms with Crippen LogP contribution in [-0.2, 0) is 6.42 Å². The molecule has 0 fully saturated rings. The fourth-order valence-electron chi connectivity index (χ4n) is 2.57. The van der Waals surface area contributed by atoms with Crippen LogP contribution in [0, 0.1) is 11.6 Å². The van der Waals surface area contributed by atoms with Crippen molar-refractivity contribution in [1.82, 2.24) is 19.5 Å². The summed E-state index contributed by atoms with van der Waals surface area (Å²) < 4.78 is 32.9. The maximum atomic E-state index is 13.6. The predicted molar refractivity (Wildman–Crippen MR) is 80.5 cm³/mol. The molecule has 8 heteroatoms. The van der Waals surface area contributed by atoms with Gasteiger partial charge in [-0.3, -0.25) is 9.51 Å². The Hall–Kier alpha value is -3.29. The minimum absolute atomic E-state index is 0.170. The molecule has 0 saturated carbocycles. The Morgan fingerprint density at radius 2 is 1.83 bits per heavy atom. The number of halogens is 2. The summed E-state index contributed by atoms with van der Waals surface area (Å²) >= 11 is 0. The number of benzene rings is 1. The second kappa shape index (κ2) is 5.41. The first-order chi connectivity index (χ1) is 11.6. The number of aromatic nitrogens is 4. The fourth-order valence-corrected chi connectivity index (χ4v) is 2.57. The van der Waals surface area contributed by atoms with Gasteiger partial charge in [-0.25, -0.2) is 18.6 Å². The van der Waals surface area contributed by atoms with Crippen LogP contribution >= 0.6 is 0 Å². The monoisotopic (exact) mass is 328 g/mol. The molecule has 0 bridgehead atoms. The van der Waals surface area contributed by atoms with Crippen molar-refractivity contribution in [2.24, 2.45) is 0 Å². The first kappa shape index (κ1) is 14.3. The van der Waals surface area contributed by atoms with Crippen LogP contribution in [0.4, 0.5) is 8.78 Å². The summed E-state index contributed by atoms with van der Waals surface area (Å²) in [5, 5.41) is 3.63. The van der Waals surface area contributed by atoms with Gasteiger partial charge in [0.25, 0.3) is 0 Å². The summed E-state index contributed by atoms with van der Waals surface area (Å²) in [6, 6.07) is 8.66. The van der Waals surface area contributed by atoms with Crippen molar-refractivity contribution in [3.8, 4) is 11.3 Å². The van der Waals surface area contributed by atoms with E-state index in [9.17, 15) is 13.6 Å². The first-order valence-corrected chi connectivity index (χ1v) is 7.07. The Bertz CT molecular complexity index is 1080. The number of imidazole rings is 1. The molecule has 0 saturated heterocycles. The van der Waals surface area contributed by atoms with Crippen LogP contribution in [0.1, 0.15) is 11.5 Å². The molecule has 4 rings (SSSR count). The van der Waals surface area contributed by atoms with Gasteiger partial charge < -0.3 is 4.40 Å². The van der Waals surface area contributed by atoms with E-state index >= 15 is 0 Å². The van der Waals surface area contributed by atoms with Crippen molar-refractivity contribution in [1.29, 1.82) is 0 Å². The Kier molecular flexibility index (Phi) is 3.23. The largest absolute Gasteiger partial charge is 0.438 e. The number of pyridine rings is 1. The van der Waals surface area contributed by atoms with Crippen molar-refractivity contribution < 1.29 is 13.3 Å². The van der Waals surface area contributed by atoms with E-state index in [-0.39, 0.29) is 18.1 Å². The smallest absolute Gasteiger partial charge is 0.300 e. The third-order valence-electron chi connectivity index (χ3n) is 3.62. The highest BCUT2D eigenvalue weighted by Crippen LogP contribution is 2.26. The number of nitrogens with one attached hydrogen (secondary N) is 1. The molecule has 24 heavy (non-hydrogen) atoms. The van der Waals surface area contributed by atoms with Crippen LogP contribution in [-0.4, -0.2) is 19.5 Å². The third-order valence-corrected chi connectivity index (χ3v) is 3.62. The maximum Gasteiger partial charge on any atom is 0.438 e. The molecular formula is C16H10F2N4O2. The van der Waals surface area contributed by atoms with Crippen LogP contribution in [0.2, 0.25) is 0 Å². The van der Waals surface area contributed by atoms with Gasteiger partial charge in [-0.15, -0.1) is 0 Å². The van der Waals surface area contributed by atoms with Crippen LogP contribution in [0.5, 0.6) is 0 Å². The summed E-state index contributed by atoms with van der Waals surface area (Å²) in [6.07, 6.45) is 1.46. The van der Waals surface area contributed by atoms with Crippen molar-refractivity contribution in [2.45, 2.75) is 6.42 Å². The third kappa shape index (κ3) is 2.47. The van der Waals surface area contributed by atoms with Crippen LogP contribution in [0.25, 0.3) is 16.9 Å². The van der Waals surface area contributed by atoms with Gasteiger partial charge in [0.2, 0.25) is 0 Å². The van der Waals surface area contributed by atoms with Gasteiger partial charge in [0.15, 0.2) is 5.82 Å². The van der Waals surface area contributed by atoms with Gasteiger partial charge in [0.05, 0.1) is 17.8 Å². The fraction of sp³-hybridized carbons (Fsp3) is 0.0625. The van der Waals surface area contributed by atoms with Gasteiger partial charge in [-0.05, 0) is 36.4 Å². The molecule has 0 amide bonds. The van der Waals surface area contributed by atoms with E-state index in [2.05, 4.69) is 19.6 Å². The van der Waals surface area contributed by atoms with E-state index < -0.39 is 11.6 Å². The molecule has 0 radical (unpaired) electrons. The van der Waals surface area contributed by atoms with Crippen molar-refractivity contribution >= 4 is 5.65 Å². The second-order valence-corrected chi connectivity index (χ2v) is 5.21. The SMILES string of the molecule is O=c1[nH]c(Cc2c(-c3ccc(F)cc3)nc3ccc(F)cn23)no1. The second-order valence-electron chi connectivity index (χ2n) is 5.21. The topological polar surface area (TPSA) is 76.2 Å². The molecule has 4 aromatic rings. The Balaban J connectivity index is 1.92. The quantitative estimate of drug-likeness (QED) is 0.627. The summed E-state index contributed by atoms with van der Waals surface area (Å²) in [7, 11) is 0. The highest BCUT2D eigenvalue weighted by Gasteiger charge is 2.17. The molecule has 3 heterocycles. The summed E-state index contributed by atoms with van der Waals surface area (Å²) in [5.74, 6) is -1.18. The van der Waals surface area contributed by atoms with Gasteiger partial charge in [0, 0.05) is 11.8 Å². The zero-order valence-corrected chi connectivity index (χ0v) is 12.2. The molecule has 0 aliphatic carbocycles. The van der Waals surface area contributed by atoms with E-state index in [0.29, 0.717) is 22.6 Å². The lowest BCUT2D eigenvalue weighted by Gasteiger charge is -2.03. The molecule has 6 nitrogen and oxygen atoms in total. The number of hydrogen-bond acceptors (Lipinski definition) is 4. The van der Waals surface area contributed by atoms with Gasteiger partial charge in [-0.1, -0.05) is 5.16 Å². The molecule has 0 aliphatic rings. The minimum Gasteiger partial charge on any atom is -0.300 e. The number of H-pyrrole nitrogens is 1. The number of rotatable bonds is 3. The number of hydrogen-bond donors (Lipinski definition) is 1. The zero-order chi connectivity index (χ0) is 16.7. The lowest BCUT2D eigenvalue weighted by Crippen LogP contribution is -2.01. The normalized spacial score (nSPS) is 11.2. The molecule has 1 N–H and O–H groups in total. The zero-order valence-electron chi connectivity index (χ0n) is 12.2. The van der Waals surface area contributed by atoms with Crippen LogP contribution < -0.4 is 5.76 Å². The Morgan fingerprint density at radius 3 is 2.54 bits per heavy atom. The molecule has 0 aliphatic heterocycles. The van der Waals surface area contributed by atoms with E-state index in [1.54, 1.807) is 16.5 Å². The van der Waals surface area contributed by atoms with Crippen molar-refractivity contribution in [3.63, 3.8) is 0 Å². The highest BCUT2D eigenvalue weighted by atomic mass is 19.1. The molecule has 1 aromatic carbocycles. The molecule has 0 unspecified atom stereocenters.